The van der Waals surface area contributed by atoms with E-state index < -0.39 is 12.1 Å². The van der Waals surface area contributed by atoms with Crippen LogP contribution < -0.4 is 0 Å². The lowest BCUT2D eigenvalue weighted by molar-refractivity contribution is 0.0106. The van der Waals surface area contributed by atoms with Gasteiger partial charge < -0.3 is 14.9 Å². The maximum absolute atomic E-state index is 9.53. The van der Waals surface area contributed by atoms with Gasteiger partial charge in [-0.1, -0.05) is 39.5 Å². The second kappa shape index (κ2) is 4.40. The van der Waals surface area contributed by atoms with Gasteiger partial charge >= 0.3 is 0 Å². The Hall–Kier alpha value is -0.120. The van der Waals surface area contributed by atoms with Crippen molar-refractivity contribution >= 4 is 0 Å². The maximum atomic E-state index is 9.53. The molecule has 0 spiro atoms. The summed E-state index contributed by atoms with van der Waals surface area (Å²) >= 11 is 0. The van der Waals surface area contributed by atoms with Crippen LogP contribution in [0.4, 0.5) is 0 Å². The van der Waals surface area contributed by atoms with Gasteiger partial charge in [-0.3, -0.25) is 0 Å². The van der Waals surface area contributed by atoms with Crippen LogP contribution in [0.15, 0.2) is 0 Å². The number of ether oxygens (including phenoxy) is 1. The van der Waals surface area contributed by atoms with Crippen molar-refractivity contribution < 1.29 is 14.9 Å². The van der Waals surface area contributed by atoms with Crippen LogP contribution in [0.25, 0.3) is 0 Å². The van der Waals surface area contributed by atoms with Gasteiger partial charge in [-0.2, -0.15) is 0 Å². The molecule has 2 N–H and O–H groups in total. The van der Waals surface area contributed by atoms with Crippen LogP contribution >= 0.6 is 0 Å². The van der Waals surface area contributed by atoms with Crippen LogP contribution in [0.3, 0.4) is 0 Å². The van der Waals surface area contributed by atoms with Crippen LogP contribution in [-0.2, 0) is 4.74 Å². The van der Waals surface area contributed by atoms with Crippen LogP contribution in [0.1, 0.15) is 46.0 Å². The minimum absolute atomic E-state index is 0.474. The average molecular weight is 188 g/mol. The number of epoxide rings is 1. The Labute approximate surface area is 79.7 Å². The van der Waals surface area contributed by atoms with Gasteiger partial charge in [0.05, 0.1) is 0 Å². The van der Waals surface area contributed by atoms with Crippen LogP contribution in [0.2, 0.25) is 0 Å². The third kappa shape index (κ3) is 2.93. The largest absolute Gasteiger partial charge is 0.364 e. The molecule has 1 saturated heterocycles. The van der Waals surface area contributed by atoms with Crippen molar-refractivity contribution in [2.24, 2.45) is 5.92 Å². The topological polar surface area (TPSA) is 53.0 Å². The van der Waals surface area contributed by atoms with Crippen LogP contribution in [0.5, 0.6) is 0 Å². The Bertz CT molecular complexity index is 160. The third-order valence-electron chi connectivity index (χ3n) is 2.77. The highest BCUT2D eigenvalue weighted by molar-refractivity contribution is 4.86. The smallest absolute Gasteiger partial charge is 0.220 e. The standard InChI is InChI=1S/C10H20O3/c1-3-5-6-8(4-2)7-10(12)9(11)13-10/h8-9,11-12H,3-7H2,1-2H3. The number of unbranched alkanes of at least 4 members (excludes halogenated alkanes) is 1. The summed E-state index contributed by atoms with van der Waals surface area (Å²) in [6, 6.07) is 0. The van der Waals surface area contributed by atoms with Crippen molar-refractivity contribution in [3.63, 3.8) is 0 Å². The first-order valence-corrected chi connectivity index (χ1v) is 5.20. The molecule has 3 atom stereocenters. The molecule has 0 aliphatic carbocycles. The molecular formula is C10H20O3. The Morgan fingerprint density at radius 2 is 2.08 bits per heavy atom. The lowest BCUT2D eigenvalue weighted by atomic mass is 9.93. The molecular weight excluding hydrogens is 168 g/mol. The van der Waals surface area contributed by atoms with E-state index in [0.717, 1.165) is 12.8 Å². The molecule has 0 aromatic heterocycles. The molecule has 0 radical (unpaired) electrons. The van der Waals surface area contributed by atoms with Gasteiger partial charge in [-0.05, 0) is 5.92 Å². The van der Waals surface area contributed by atoms with Gasteiger partial charge in [-0.25, -0.2) is 0 Å². The van der Waals surface area contributed by atoms with Crippen molar-refractivity contribution in [3.05, 3.63) is 0 Å². The molecule has 3 heteroatoms. The predicted molar refractivity (Wildman–Crippen MR) is 50.0 cm³/mol. The van der Waals surface area contributed by atoms with Crippen molar-refractivity contribution in [2.45, 2.75) is 58.0 Å². The molecule has 1 aliphatic heterocycles. The number of aliphatic hydroxyl groups excluding tert-OH is 1. The van der Waals surface area contributed by atoms with E-state index >= 15 is 0 Å². The lowest BCUT2D eigenvalue weighted by Crippen LogP contribution is -2.19. The highest BCUT2D eigenvalue weighted by Crippen LogP contribution is 2.39. The summed E-state index contributed by atoms with van der Waals surface area (Å²) < 4.78 is 4.73. The van der Waals surface area contributed by atoms with E-state index in [9.17, 15) is 5.11 Å². The number of hydrogen-bond donors (Lipinski definition) is 2. The summed E-state index contributed by atoms with van der Waals surface area (Å²) in [6.45, 7) is 4.27. The highest BCUT2D eigenvalue weighted by Gasteiger charge is 2.55. The van der Waals surface area contributed by atoms with Crippen LogP contribution in [0, 0.1) is 5.92 Å². The van der Waals surface area contributed by atoms with Gasteiger partial charge in [-0.15, -0.1) is 0 Å². The molecule has 0 saturated carbocycles. The van der Waals surface area contributed by atoms with Gasteiger partial charge in [0.2, 0.25) is 12.1 Å². The minimum Gasteiger partial charge on any atom is -0.364 e. The summed E-state index contributed by atoms with van der Waals surface area (Å²) in [5.74, 6) is -0.740. The normalized spacial score (nSPS) is 34.6. The Kier molecular flexibility index (Phi) is 3.71. The van der Waals surface area contributed by atoms with Gasteiger partial charge in [0, 0.05) is 6.42 Å². The first-order valence-electron chi connectivity index (χ1n) is 5.20. The summed E-state index contributed by atoms with van der Waals surface area (Å²) in [6.07, 6.45) is 4.15. The fourth-order valence-electron chi connectivity index (χ4n) is 1.67. The third-order valence-corrected chi connectivity index (χ3v) is 2.77. The first kappa shape index (κ1) is 11.0. The van der Waals surface area contributed by atoms with Crippen molar-refractivity contribution in [2.75, 3.05) is 0 Å². The zero-order valence-electron chi connectivity index (χ0n) is 8.49. The molecule has 0 amide bonds. The fourth-order valence-corrected chi connectivity index (χ4v) is 1.67. The van der Waals surface area contributed by atoms with E-state index in [0.29, 0.717) is 12.3 Å². The number of hydrogen-bond acceptors (Lipinski definition) is 3. The molecule has 1 heterocycles. The Morgan fingerprint density at radius 1 is 1.46 bits per heavy atom. The van der Waals surface area contributed by atoms with Crippen molar-refractivity contribution in [1.82, 2.24) is 0 Å². The summed E-state index contributed by atoms with van der Waals surface area (Å²) in [5, 5.41) is 18.5. The molecule has 13 heavy (non-hydrogen) atoms. The number of aliphatic hydroxyl groups is 2. The minimum atomic E-state index is -1.21. The molecule has 3 nitrogen and oxygen atoms in total. The van der Waals surface area contributed by atoms with Gasteiger partial charge in [0.25, 0.3) is 0 Å². The van der Waals surface area contributed by atoms with Crippen molar-refractivity contribution in [1.29, 1.82) is 0 Å². The quantitative estimate of drug-likeness (QED) is 0.623. The molecule has 1 rings (SSSR count). The average Bonchev–Trinajstić information content (AvgIpc) is 2.68. The van der Waals surface area contributed by atoms with E-state index in [1.807, 2.05) is 0 Å². The molecule has 0 aromatic carbocycles. The SMILES string of the molecule is CCCCC(CC)CC1(O)OC1O. The molecule has 3 unspecified atom stereocenters. The summed E-state index contributed by atoms with van der Waals surface area (Å²) in [7, 11) is 0. The first-order chi connectivity index (χ1) is 6.12. The van der Waals surface area contributed by atoms with Crippen molar-refractivity contribution in [3.8, 4) is 0 Å². The van der Waals surface area contributed by atoms with Gasteiger partial charge in [0.1, 0.15) is 0 Å². The Morgan fingerprint density at radius 3 is 2.46 bits per heavy atom. The predicted octanol–water partition coefficient (Wildman–Crippen LogP) is 1.63. The van der Waals surface area contributed by atoms with Gasteiger partial charge in [0.15, 0.2) is 0 Å². The monoisotopic (exact) mass is 188 g/mol. The zero-order valence-corrected chi connectivity index (χ0v) is 8.49. The molecule has 1 aliphatic rings. The highest BCUT2D eigenvalue weighted by atomic mass is 16.8. The zero-order chi connectivity index (χ0) is 9.90. The fraction of sp³-hybridized carbons (Fsp3) is 1.00. The van der Waals surface area contributed by atoms with E-state index in [4.69, 9.17) is 9.84 Å². The summed E-state index contributed by atoms with van der Waals surface area (Å²) in [5.41, 5.74) is 0. The van der Waals surface area contributed by atoms with Crippen LogP contribution in [-0.4, -0.2) is 22.3 Å². The van der Waals surface area contributed by atoms with E-state index in [-0.39, 0.29) is 0 Å². The molecule has 0 aromatic rings. The number of rotatable bonds is 6. The summed E-state index contributed by atoms with van der Waals surface area (Å²) in [4.78, 5) is 0. The van der Waals surface area contributed by atoms with E-state index in [1.54, 1.807) is 0 Å². The lowest BCUT2D eigenvalue weighted by Gasteiger charge is -2.15. The second-order valence-electron chi connectivity index (χ2n) is 3.94. The second-order valence-corrected chi connectivity index (χ2v) is 3.94. The van der Waals surface area contributed by atoms with E-state index in [1.165, 1.54) is 12.8 Å². The maximum Gasteiger partial charge on any atom is 0.220 e. The Balaban J connectivity index is 2.24. The molecule has 0 bridgehead atoms. The molecule has 1 fully saturated rings. The molecule has 78 valence electrons. The van der Waals surface area contributed by atoms with E-state index in [2.05, 4.69) is 13.8 Å².